The third-order valence-corrected chi connectivity index (χ3v) is 22.8. The van der Waals surface area contributed by atoms with Crippen molar-refractivity contribution in [1.29, 1.82) is 0 Å². The molecular formula is C91H114N12O14. The Labute approximate surface area is 687 Å². The van der Waals surface area contributed by atoms with Gasteiger partial charge in [-0.2, -0.15) is 0 Å². The molecule has 0 unspecified atom stereocenters. The third kappa shape index (κ3) is 25.7. The second-order valence-electron chi connectivity index (χ2n) is 31.0. The molecule has 0 saturated carbocycles. The summed E-state index contributed by atoms with van der Waals surface area (Å²) in [6.45, 7) is 23.9. The van der Waals surface area contributed by atoms with Gasteiger partial charge in [0.1, 0.15) is 0 Å². The second kappa shape index (κ2) is 44.2. The molecule has 117 heavy (non-hydrogen) atoms. The largest absolute Gasteiger partial charge is 0.478 e. The number of carbonyl (C=O) groups is 7. The first-order valence-electron chi connectivity index (χ1n) is 41.7. The van der Waals surface area contributed by atoms with Gasteiger partial charge in [-0.3, -0.25) is 58.2 Å². The van der Waals surface area contributed by atoms with Crippen LogP contribution in [0.25, 0.3) is 0 Å². The van der Waals surface area contributed by atoms with Crippen LogP contribution in [0.1, 0.15) is 106 Å². The number of aromatic carboxylic acids is 1. The molecule has 0 radical (unpaired) electrons. The van der Waals surface area contributed by atoms with Crippen molar-refractivity contribution >= 4 is 41.4 Å². The molecule has 0 aliphatic carbocycles. The van der Waals surface area contributed by atoms with Crippen LogP contribution >= 0.6 is 0 Å². The van der Waals surface area contributed by atoms with Crippen molar-refractivity contribution in [2.75, 3.05) is 236 Å². The first kappa shape index (κ1) is 85.2. The maximum atomic E-state index is 15.5. The van der Waals surface area contributed by atoms with E-state index in [1.54, 1.807) is 29.2 Å². The molecule has 7 aromatic carbocycles. The van der Waals surface area contributed by atoms with E-state index in [-0.39, 0.29) is 73.7 Å². The molecule has 0 aromatic heterocycles. The number of carboxylic acids is 1. The Bertz CT molecular complexity index is 4390. The van der Waals surface area contributed by atoms with Crippen LogP contribution in [0, 0.1) is 0 Å². The molecule has 1 N–H and O–H groups in total. The summed E-state index contributed by atoms with van der Waals surface area (Å²) in [6, 6.07) is 53.7. The van der Waals surface area contributed by atoms with E-state index in [1.807, 2.05) is 176 Å². The van der Waals surface area contributed by atoms with Gasteiger partial charge in [-0.1, -0.05) is 91.0 Å². The predicted molar refractivity (Wildman–Crippen MR) is 444 cm³/mol. The van der Waals surface area contributed by atoms with E-state index < -0.39 is 5.97 Å². The van der Waals surface area contributed by atoms with Crippen molar-refractivity contribution in [2.45, 2.75) is 39.3 Å². The van der Waals surface area contributed by atoms with E-state index in [2.05, 4.69) is 29.4 Å². The third-order valence-electron chi connectivity index (χ3n) is 22.8. The molecule has 0 bridgehead atoms. The van der Waals surface area contributed by atoms with Crippen molar-refractivity contribution in [3.8, 4) is 0 Å². The lowest BCUT2D eigenvalue weighted by atomic mass is 10.1. The van der Waals surface area contributed by atoms with Gasteiger partial charge < -0.3 is 62.9 Å². The summed E-state index contributed by atoms with van der Waals surface area (Å²) in [6.07, 6.45) is 0. The smallest absolute Gasteiger partial charge is 0.335 e. The van der Waals surface area contributed by atoms with Gasteiger partial charge in [0.25, 0.3) is 35.4 Å². The number of carbonyl (C=O) groups excluding carboxylic acids is 6. The van der Waals surface area contributed by atoms with Gasteiger partial charge in [-0.15, -0.1) is 0 Å². The topological polar surface area (TPSA) is 234 Å². The number of ether oxygens (including phenoxy) is 6. The molecule has 6 amide bonds. The molecule has 7 aromatic rings. The van der Waals surface area contributed by atoms with E-state index in [9.17, 15) is 19.5 Å². The van der Waals surface area contributed by atoms with Gasteiger partial charge in [0.05, 0.1) is 84.8 Å². The lowest BCUT2D eigenvalue weighted by Crippen LogP contribution is -2.43. The second-order valence-corrected chi connectivity index (χ2v) is 31.0. The number of benzene rings is 7. The Morgan fingerprint density at radius 1 is 0.231 bits per heavy atom. The molecule has 6 fully saturated rings. The summed E-state index contributed by atoms with van der Waals surface area (Å²) in [5.74, 6) is -2.08. The molecule has 26 nitrogen and oxygen atoms in total. The van der Waals surface area contributed by atoms with Crippen LogP contribution in [0.3, 0.4) is 0 Å². The molecule has 6 aliphatic rings. The Kier molecular flexibility index (Phi) is 32.2. The molecule has 13 rings (SSSR count). The quantitative estimate of drug-likeness (QED) is 0.0404. The van der Waals surface area contributed by atoms with Crippen LogP contribution in [-0.4, -0.2) is 342 Å². The summed E-state index contributed by atoms with van der Waals surface area (Å²) in [7, 11) is 0. The van der Waals surface area contributed by atoms with Crippen LogP contribution in [0.4, 0.5) is 0 Å². The SMILES string of the molecule is O=C(O)c1cccc(CN(CCN2CCOCC2)C(=O)c2cccc(CN(CCN3CCOCC3)C(=O)c3cccc(CN(CCN4CCOCC4)C(=O)c4cccc(CN(CCN5CCOCC5)C(=O)c5cccc(CN(CCN6CCOCC6)C(=O)c6cccc(CN(CCN7CCOCC7)C(=O)c7ccccc7)c6)c5)c4)c3)c2)c1. The zero-order chi connectivity index (χ0) is 80.9. The predicted octanol–water partition coefficient (Wildman–Crippen LogP) is 7.23. The maximum absolute atomic E-state index is 15.5. The number of hydrogen-bond acceptors (Lipinski definition) is 19. The summed E-state index contributed by atoms with van der Waals surface area (Å²) in [4.78, 5) is 127. The average molecular weight is 1600 g/mol. The Hall–Kier alpha value is -9.65. The Balaban J connectivity index is 0.723. The molecule has 622 valence electrons. The van der Waals surface area contributed by atoms with Gasteiger partial charge in [0.2, 0.25) is 0 Å². The average Bonchev–Trinajstić information content (AvgIpc) is 0.831. The summed E-state index contributed by atoms with van der Waals surface area (Å²) >= 11 is 0. The Morgan fingerprint density at radius 3 is 0.598 bits per heavy atom. The highest BCUT2D eigenvalue weighted by Gasteiger charge is 2.29. The molecule has 26 heteroatoms. The molecular weight excluding hydrogens is 1490 g/mol. The number of rotatable bonds is 37. The van der Waals surface area contributed by atoms with Gasteiger partial charge >= 0.3 is 5.97 Å². The number of nitrogens with zero attached hydrogens (tertiary/aromatic N) is 12. The monoisotopic (exact) mass is 1600 g/mol. The molecule has 6 heterocycles. The highest BCUT2D eigenvalue weighted by atomic mass is 16.5. The van der Waals surface area contributed by atoms with Gasteiger partial charge in [-0.05, 0) is 118 Å². The maximum Gasteiger partial charge on any atom is 0.335 e. The fraction of sp³-hybridized carbons (Fsp3) is 0.462. The molecule has 0 spiro atoms. The number of carboxylic acid groups (broad SMARTS) is 1. The first-order chi connectivity index (χ1) is 57.3. The summed E-state index contributed by atoms with van der Waals surface area (Å²) in [5, 5.41) is 9.84. The van der Waals surface area contributed by atoms with E-state index in [1.165, 1.54) is 0 Å². The van der Waals surface area contributed by atoms with Crippen LogP contribution in [0.5, 0.6) is 0 Å². The lowest BCUT2D eigenvalue weighted by molar-refractivity contribution is 0.0316. The highest BCUT2D eigenvalue weighted by Crippen LogP contribution is 2.24. The van der Waals surface area contributed by atoms with E-state index in [4.69, 9.17) is 28.4 Å². The van der Waals surface area contributed by atoms with Crippen LogP contribution in [0.15, 0.2) is 176 Å². The van der Waals surface area contributed by atoms with Gasteiger partial charge in [0.15, 0.2) is 0 Å². The van der Waals surface area contributed by atoms with Crippen LogP contribution < -0.4 is 0 Å². The van der Waals surface area contributed by atoms with E-state index in [0.717, 1.165) is 106 Å². The minimum absolute atomic E-state index is 0.0777. The fourth-order valence-electron chi connectivity index (χ4n) is 15.9. The summed E-state index contributed by atoms with van der Waals surface area (Å²) < 4.78 is 34.1. The molecule has 0 atom stereocenters. The van der Waals surface area contributed by atoms with Gasteiger partial charge in [0, 0.05) is 230 Å². The molecule has 6 aliphatic heterocycles. The van der Waals surface area contributed by atoms with Crippen molar-refractivity contribution in [1.82, 2.24) is 58.8 Å². The number of hydrogen-bond donors (Lipinski definition) is 1. The Morgan fingerprint density at radius 2 is 0.402 bits per heavy atom. The van der Waals surface area contributed by atoms with Crippen molar-refractivity contribution in [2.24, 2.45) is 0 Å². The minimum Gasteiger partial charge on any atom is -0.478 e. The highest BCUT2D eigenvalue weighted by molar-refractivity contribution is 5.98. The van der Waals surface area contributed by atoms with Crippen LogP contribution in [0.2, 0.25) is 0 Å². The number of morpholine rings is 6. The normalized spacial score (nSPS) is 16.9. The first-order valence-corrected chi connectivity index (χ1v) is 41.7. The van der Waals surface area contributed by atoms with Crippen molar-refractivity contribution in [3.63, 3.8) is 0 Å². The van der Waals surface area contributed by atoms with Gasteiger partial charge in [-0.25, -0.2) is 4.79 Å². The summed E-state index contributed by atoms with van der Waals surface area (Å²) in [5.41, 5.74) is 7.74. The van der Waals surface area contributed by atoms with Crippen molar-refractivity contribution < 1.29 is 67.1 Å². The van der Waals surface area contributed by atoms with Crippen molar-refractivity contribution in [3.05, 3.63) is 248 Å². The zero-order valence-electron chi connectivity index (χ0n) is 67.6. The van der Waals surface area contributed by atoms with E-state index in [0.29, 0.717) is 203 Å². The number of amides is 6. The van der Waals surface area contributed by atoms with Crippen LogP contribution in [-0.2, 0) is 67.7 Å². The molecule has 6 saturated heterocycles. The zero-order valence-corrected chi connectivity index (χ0v) is 67.6. The fourth-order valence-corrected chi connectivity index (χ4v) is 15.9. The minimum atomic E-state index is -1.04. The standard InChI is InChI=1S/C91H114N12O14/c104-85(78-16-2-1-3-17-78)98(30-24-92-36-48-112-49-37-92)66-72-10-4-18-79(60-72)86(105)99(31-25-93-38-50-113-51-39-93)67-73-11-5-19-80(61-73)87(106)100(32-26-94-40-52-114-53-41-94)68-74-12-6-20-81(62-74)88(107)101(33-27-95-42-54-115-55-43-95)69-75-13-7-21-82(63-75)89(108)102(34-28-96-44-56-116-57-45-96)70-76-14-8-22-83(64-76)90(109)103(35-29-97-46-58-117-59-47-97)71-77-15-9-23-84(65-77)91(110)111/h1-23,60-65H,24-59,66-71H2,(H,110,111). The van der Waals surface area contributed by atoms with E-state index >= 15 is 19.2 Å². The lowest BCUT2D eigenvalue weighted by Gasteiger charge is -2.31.